The highest BCUT2D eigenvalue weighted by Crippen LogP contribution is 2.29. The van der Waals surface area contributed by atoms with Crippen LogP contribution in [0.25, 0.3) is 33.6 Å². The van der Waals surface area contributed by atoms with Crippen molar-refractivity contribution in [3.63, 3.8) is 0 Å². The summed E-state index contributed by atoms with van der Waals surface area (Å²) >= 11 is 0. The fourth-order valence-electron chi connectivity index (χ4n) is 3.58. The van der Waals surface area contributed by atoms with E-state index < -0.39 is 16.3 Å². The van der Waals surface area contributed by atoms with E-state index in [2.05, 4.69) is 53.1 Å². The molecule has 0 bridgehead atoms. The number of benzene rings is 3. The van der Waals surface area contributed by atoms with Gasteiger partial charge in [0, 0.05) is 23.3 Å². The molecule has 176 valence electrons. The van der Waals surface area contributed by atoms with E-state index in [-0.39, 0.29) is 6.61 Å². The summed E-state index contributed by atoms with van der Waals surface area (Å²) in [6.45, 7) is 0.0237. The maximum atomic E-state index is 10.3. The molecule has 0 aliphatic rings. The van der Waals surface area contributed by atoms with Gasteiger partial charge in [-0.3, -0.25) is 0 Å². The molecule has 0 saturated heterocycles. The lowest BCUT2D eigenvalue weighted by molar-refractivity contribution is -2.00. The van der Waals surface area contributed by atoms with Crippen molar-refractivity contribution in [3.8, 4) is 33.6 Å². The van der Waals surface area contributed by atoms with Gasteiger partial charge < -0.3 is 10.2 Å². The molecule has 0 saturated carbocycles. The summed E-state index contributed by atoms with van der Waals surface area (Å²) < 4.78 is 36.1. The fourth-order valence-corrected chi connectivity index (χ4v) is 3.58. The summed E-state index contributed by atoms with van der Waals surface area (Å²) in [5.41, 5.74) is 6.37. The standard InChI is InChI=1S/C26H24NO2.ClHO4/c28-19-24(29)18-27-25(21-12-6-2-7-13-21)16-23(20-10-4-1-5-11-20)17-26(27)22-14-8-3-9-15-22;2-1(3,4)5/h1-17,24,28-29H,18-19H2;(H,2,3,4,5)/q+1;/p-1. The van der Waals surface area contributed by atoms with Crippen LogP contribution in [0, 0.1) is 10.2 Å². The zero-order chi connectivity index (χ0) is 24.6. The van der Waals surface area contributed by atoms with Crippen molar-refractivity contribution in [3.05, 3.63) is 103 Å². The van der Waals surface area contributed by atoms with Gasteiger partial charge in [0.05, 0.1) is 6.61 Å². The second-order valence-electron chi connectivity index (χ2n) is 7.44. The number of aliphatic hydroxyl groups is 2. The Labute approximate surface area is 199 Å². The molecule has 7 nitrogen and oxygen atoms in total. The molecule has 1 unspecified atom stereocenters. The van der Waals surface area contributed by atoms with Gasteiger partial charge in [0.25, 0.3) is 0 Å². The Balaban J connectivity index is 0.000000588. The normalized spacial score (nSPS) is 11.9. The summed E-state index contributed by atoms with van der Waals surface area (Å²) in [4.78, 5) is 0. The Hall–Kier alpha value is -3.14. The summed E-state index contributed by atoms with van der Waals surface area (Å²) in [5, 5.41) is 19.8. The van der Waals surface area contributed by atoms with Gasteiger partial charge in [-0.15, -0.1) is 10.2 Å². The number of aromatic nitrogens is 1. The van der Waals surface area contributed by atoms with Crippen LogP contribution < -0.4 is 23.2 Å². The van der Waals surface area contributed by atoms with Crippen molar-refractivity contribution < 1.29 is 43.7 Å². The highest BCUT2D eigenvalue weighted by atomic mass is 35.7. The van der Waals surface area contributed by atoms with Crippen LogP contribution >= 0.6 is 0 Å². The van der Waals surface area contributed by atoms with Crippen LogP contribution in [0.1, 0.15) is 0 Å². The number of hydrogen-bond donors (Lipinski definition) is 2. The first kappa shape index (κ1) is 25.5. The van der Waals surface area contributed by atoms with E-state index in [1.807, 2.05) is 54.6 Å². The monoisotopic (exact) mass is 481 g/mol. The summed E-state index contributed by atoms with van der Waals surface area (Å²) in [7, 11) is -4.94. The number of halogens is 1. The van der Waals surface area contributed by atoms with Gasteiger partial charge >= 0.3 is 0 Å². The second kappa shape index (κ2) is 11.8. The van der Waals surface area contributed by atoms with Crippen LogP contribution in [-0.2, 0) is 6.54 Å². The number of nitrogens with zero attached hydrogens (tertiary/aromatic N) is 1. The van der Waals surface area contributed by atoms with Crippen molar-refractivity contribution >= 4 is 0 Å². The minimum absolute atomic E-state index is 0.282. The first-order valence-corrected chi connectivity index (χ1v) is 11.6. The van der Waals surface area contributed by atoms with E-state index >= 15 is 0 Å². The van der Waals surface area contributed by atoms with E-state index in [1.165, 1.54) is 0 Å². The smallest absolute Gasteiger partial charge is 0.213 e. The summed E-state index contributed by atoms with van der Waals surface area (Å²) in [6.07, 6.45) is -0.840. The van der Waals surface area contributed by atoms with Crippen LogP contribution in [-0.4, -0.2) is 22.9 Å². The molecule has 1 heterocycles. The first-order valence-electron chi connectivity index (χ1n) is 10.4. The average Bonchev–Trinajstić information content (AvgIpc) is 2.84. The third-order valence-electron chi connectivity index (χ3n) is 5.02. The van der Waals surface area contributed by atoms with Crippen molar-refractivity contribution in [2.75, 3.05) is 6.61 Å². The largest absolute Gasteiger partial charge is 0.393 e. The van der Waals surface area contributed by atoms with Gasteiger partial charge in [-0.25, -0.2) is 18.6 Å². The lowest BCUT2D eigenvalue weighted by atomic mass is 9.99. The molecule has 3 aromatic carbocycles. The van der Waals surface area contributed by atoms with Crippen LogP contribution in [0.5, 0.6) is 0 Å². The molecule has 0 spiro atoms. The predicted octanol–water partition coefficient (Wildman–Crippen LogP) is -0.428. The fraction of sp³-hybridized carbons (Fsp3) is 0.115. The van der Waals surface area contributed by atoms with Crippen molar-refractivity contribution in [1.29, 1.82) is 0 Å². The number of aliphatic hydroxyl groups excluding tert-OH is 2. The highest BCUT2D eigenvalue weighted by molar-refractivity contribution is 5.73. The average molecular weight is 482 g/mol. The Bertz CT molecular complexity index is 1100. The van der Waals surface area contributed by atoms with E-state index in [4.69, 9.17) is 18.6 Å². The maximum absolute atomic E-state index is 10.3. The molecule has 0 aliphatic heterocycles. The SMILES string of the molecule is OCC(O)C[n+]1c(-c2ccccc2)cc(-c2ccccc2)cc1-c1ccccc1.[O-][Cl+3]([O-])([O-])[O-]. The third-order valence-corrected chi connectivity index (χ3v) is 5.02. The minimum Gasteiger partial charge on any atom is -0.393 e. The van der Waals surface area contributed by atoms with Gasteiger partial charge in [-0.05, 0) is 35.4 Å². The Kier molecular flexibility index (Phi) is 8.86. The Morgan fingerprint density at radius 3 is 1.32 bits per heavy atom. The molecule has 0 radical (unpaired) electrons. The van der Waals surface area contributed by atoms with Crippen molar-refractivity contribution in [2.45, 2.75) is 12.6 Å². The molecule has 4 aromatic rings. The third kappa shape index (κ3) is 7.44. The number of pyridine rings is 1. The molecule has 1 aromatic heterocycles. The van der Waals surface area contributed by atoms with Gasteiger partial charge in [0.2, 0.25) is 11.4 Å². The van der Waals surface area contributed by atoms with Crippen LogP contribution in [0.3, 0.4) is 0 Å². The Morgan fingerprint density at radius 2 is 0.971 bits per heavy atom. The molecule has 1 atom stereocenters. The van der Waals surface area contributed by atoms with Crippen LogP contribution in [0.2, 0.25) is 0 Å². The van der Waals surface area contributed by atoms with E-state index in [1.54, 1.807) is 0 Å². The molecule has 0 amide bonds. The molecule has 8 heteroatoms. The number of rotatable bonds is 6. The molecular formula is C26H24ClNO6. The van der Waals surface area contributed by atoms with Crippen molar-refractivity contribution in [2.24, 2.45) is 0 Å². The second-order valence-corrected chi connectivity index (χ2v) is 8.19. The molecule has 0 fully saturated rings. The quantitative estimate of drug-likeness (QED) is 0.359. The van der Waals surface area contributed by atoms with Gasteiger partial charge in [0.1, 0.15) is 6.10 Å². The van der Waals surface area contributed by atoms with Gasteiger partial charge in [-0.1, -0.05) is 66.7 Å². The molecule has 4 rings (SSSR count). The van der Waals surface area contributed by atoms with Crippen LogP contribution in [0.4, 0.5) is 0 Å². The lowest BCUT2D eigenvalue weighted by Crippen LogP contribution is -2.68. The maximum Gasteiger partial charge on any atom is 0.213 e. The predicted molar refractivity (Wildman–Crippen MR) is 116 cm³/mol. The van der Waals surface area contributed by atoms with Gasteiger partial charge in [0.15, 0.2) is 6.54 Å². The van der Waals surface area contributed by atoms with Crippen molar-refractivity contribution in [1.82, 2.24) is 0 Å². The van der Waals surface area contributed by atoms with E-state index in [0.717, 1.165) is 33.6 Å². The minimum atomic E-state index is -4.94. The topological polar surface area (TPSA) is 137 Å². The van der Waals surface area contributed by atoms with E-state index in [0.29, 0.717) is 6.54 Å². The number of hydrogen-bond acceptors (Lipinski definition) is 6. The molecule has 2 N–H and O–H groups in total. The first-order chi connectivity index (χ1) is 16.3. The molecule has 34 heavy (non-hydrogen) atoms. The lowest BCUT2D eigenvalue weighted by Gasteiger charge is -2.17. The van der Waals surface area contributed by atoms with Crippen LogP contribution in [0.15, 0.2) is 103 Å². The Morgan fingerprint density at radius 1 is 0.618 bits per heavy atom. The zero-order valence-corrected chi connectivity index (χ0v) is 18.9. The molecular weight excluding hydrogens is 458 g/mol. The van der Waals surface area contributed by atoms with E-state index in [9.17, 15) is 10.2 Å². The highest BCUT2D eigenvalue weighted by Gasteiger charge is 2.24. The van der Waals surface area contributed by atoms with Gasteiger partial charge in [-0.2, -0.15) is 4.57 Å². The molecule has 0 aliphatic carbocycles. The summed E-state index contributed by atoms with van der Waals surface area (Å²) in [5.74, 6) is 0. The zero-order valence-electron chi connectivity index (χ0n) is 18.2. The summed E-state index contributed by atoms with van der Waals surface area (Å²) in [6, 6.07) is 34.9.